The molecule has 0 amide bonds. The molecule has 0 saturated heterocycles. The Morgan fingerprint density at radius 1 is 0.800 bits per heavy atom. The van der Waals surface area contributed by atoms with Gasteiger partial charge >= 0.3 is 5.97 Å². The molecule has 8 heteroatoms. The summed E-state index contributed by atoms with van der Waals surface area (Å²) in [5.74, 6) is -3.07. The third kappa shape index (κ3) is 5.47. The van der Waals surface area contributed by atoms with Crippen LogP contribution in [0.15, 0.2) is 84.9 Å². The molecule has 0 saturated carbocycles. The van der Waals surface area contributed by atoms with Crippen molar-refractivity contribution in [3.8, 4) is 0 Å². The summed E-state index contributed by atoms with van der Waals surface area (Å²) in [7, 11) is 1.87. The van der Waals surface area contributed by atoms with Gasteiger partial charge in [-0.15, -0.1) is 0 Å². The molecule has 4 aromatic rings. The van der Waals surface area contributed by atoms with Crippen molar-refractivity contribution in [2.24, 2.45) is 0 Å². The van der Waals surface area contributed by atoms with E-state index in [9.17, 15) is 23.5 Å². The molecule has 0 fully saturated rings. The zero-order valence-corrected chi connectivity index (χ0v) is 19.2. The second-order valence-corrected chi connectivity index (χ2v) is 8.20. The number of nitrogens with one attached hydrogen (secondary N) is 1. The molecule has 0 aliphatic carbocycles. The molecule has 176 valence electrons. The minimum Gasteiger partial charge on any atom is -0.478 e. The van der Waals surface area contributed by atoms with Crippen LogP contribution in [0.3, 0.4) is 0 Å². The summed E-state index contributed by atoms with van der Waals surface area (Å²) in [5, 5.41) is 12.8. The summed E-state index contributed by atoms with van der Waals surface area (Å²) in [4.78, 5) is 26.7. The van der Waals surface area contributed by atoms with Crippen molar-refractivity contribution in [1.82, 2.24) is 0 Å². The molecule has 0 aliphatic heterocycles. The molecule has 0 aromatic heterocycles. The van der Waals surface area contributed by atoms with Crippen LogP contribution in [-0.4, -0.2) is 23.9 Å². The first kappa shape index (κ1) is 23.9. The minimum atomic E-state index is -1.26. The molecule has 35 heavy (non-hydrogen) atoms. The van der Waals surface area contributed by atoms with E-state index in [0.29, 0.717) is 10.6 Å². The highest BCUT2D eigenvalue weighted by molar-refractivity contribution is 6.30. The van der Waals surface area contributed by atoms with Gasteiger partial charge in [0, 0.05) is 46.3 Å². The van der Waals surface area contributed by atoms with Gasteiger partial charge in [0.05, 0.1) is 11.3 Å². The third-order valence-electron chi connectivity index (χ3n) is 5.38. The van der Waals surface area contributed by atoms with Gasteiger partial charge in [0.2, 0.25) is 0 Å². The van der Waals surface area contributed by atoms with Crippen LogP contribution in [0, 0.1) is 11.6 Å². The lowest BCUT2D eigenvalue weighted by molar-refractivity contribution is 0.0697. The Labute approximate surface area is 205 Å². The van der Waals surface area contributed by atoms with Crippen molar-refractivity contribution in [2.45, 2.75) is 0 Å². The van der Waals surface area contributed by atoms with Gasteiger partial charge in [-0.3, -0.25) is 4.79 Å². The van der Waals surface area contributed by atoms with Gasteiger partial charge in [-0.1, -0.05) is 11.6 Å². The minimum absolute atomic E-state index is 0.0861. The lowest BCUT2D eigenvalue weighted by Crippen LogP contribution is -2.10. The summed E-state index contributed by atoms with van der Waals surface area (Å²) in [6.45, 7) is 0. The summed E-state index contributed by atoms with van der Waals surface area (Å²) >= 11 is 5.95. The number of aromatic carboxylic acids is 1. The zero-order valence-electron chi connectivity index (χ0n) is 18.4. The van der Waals surface area contributed by atoms with Gasteiger partial charge in [-0.25, -0.2) is 13.6 Å². The number of carboxylic acid groups (broad SMARTS) is 1. The summed E-state index contributed by atoms with van der Waals surface area (Å²) in [6.07, 6.45) is 0. The molecule has 2 N–H and O–H groups in total. The fourth-order valence-electron chi connectivity index (χ4n) is 3.52. The van der Waals surface area contributed by atoms with Crippen LogP contribution in [0.2, 0.25) is 5.02 Å². The van der Waals surface area contributed by atoms with Crippen molar-refractivity contribution < 1.29 is 23.5 Å². The number of rotatable bonds is 7. The van der Waals surface area contributed by atoms with Gasteiger partial charge < -0.3 is 15.3 Å². The molecule has 4 aromatic carbocycles. The standard InChI is InChI=1S/C27H19ClF2N2O3/c1-32(23-9-4-19(28)5-10-23)22-7-2-16(3-8-22)26(33)17-12-18(27(34)35)14-21(13-17)31-25-15-20(29)6-11-24(25)30/h2-15,31H,1H3,(H,34,35). The summed E-state index contributed by atoms with van der Waals surface area (Å²) in [6, 6.07) is 20.9. The molecule has 0 bridgehead atoms. The zero-order chi connectivity index (χ0) is 25.1. The van der Waals surface area contributed by atoms with E-state index in [2.05, 4.69) is 5.32 Å². The maximum atomic E-state index is 14.1. The summed E-state index contributed by atoms with van der Waals surface area (Å²) < 4.78 is 27.6. The number of carboxylic acids is 1. The number of anilines is 4. The van der Waals surface area contributed by atoms with Crippen LogP contribution >= 0.6 is 11.6 Å². The number of nitrogens with zero attached hydrogens (tertiary/aromatic N) is 1. The topological polar surface area (TPSA) is 69.6 Å². The fourth-order valence-corrected chi connectivity index (χ4v) is 3.65. The quantitative estimate of drug-likeness (QED) is 0.270. The molecule has 0 spiro atoms. The van der Waals surface area contributed by atoms with Crippen LogP contribution < -0.4 is 10.2 Å². The monoisotopic (exact) mass is 492 g/mol. The van der Waals surface area contributed by atoms with Gasteiger partial charge in [-0.2, -0.15) is 0 Å². The van der Waals surface area contributed by atoms with Gasteiger partial charge in [0.15, 0.2) is 5.78 Å². The van der Waals surface area contributed by atoms with Gasteiger partial charge in [0.25, 0.3) is 0 Å². The maximum absolute atomic E-state index is 14.1. The van der Waals surface area contributed by atoms with Crippen molar-refractivity contribution in [3.63, 3.8) is 0 Å². The Kier molecular flexibility index (Phi) is 6.80. The predicted octanol–water partition coefficient (Wildman–Crippen LogP) is 7.06. The van der Waals surface area contributed by atoms with Crippen molar-refractivity contribution in [1.29, 1.82) is 0 Å². The lowest BCUT2D eigenvalue weighted by atomic mass is 10.00. The predicted molar refractivity (Wildman–Crippen MR) is 132 cm³/mol. The molecular formula is C27H19ClF2N2O3. The van der Waals surface area contributed by atoms with Gasteiger partial charge in [-0.05, 0) is 78.9 Å². The van der Waals surface area contributed by atoms with Crippen LogP contribution in [0.4, 0.5) is 31.5 Å². The number of halogens is 3. The van der Waals surface area contributed by atoms with Crippen molar-refractivity contribution in [3.05, 3.63) is 118 Å². The first-order chi connectivity index (χ1) is 16.7. The third-order valence-corrected chi connectivity index (χ3v) is 5.63. The van der Waals surface area contributed by atoms with E-state index in [1.165, 1.54) is 18.2 Å². The molecule has 0 unspecified atom stereocenters. The maximum Gasteiger partial charge on any atom is 0.335 e. The van der Waals surface area contributed by atoms with Gasteiger partial charge in [0.1, 0.15) is 11.6 Å². The second-order valence-electron chi connectivity index (χ2n) is 7.76. The van der Waals surface area contributed by atoms with E-state index in [1.807, 2.05) is 24.1 Å². The van der Waals surface area contributed by atoms with Crippen LogP contribution in [0.1, 0.15) is 26.3 Å². The first-order valence-corrected chi connectivity index (χ1v) is 10.8. The first-order valence-electron chi connectivity index (χ1n) is 10.5. The molecule has 0 heterocycles. The Bertz CT molecular complexity index is 1410. The van der Waals surface area contributed by atoms with Crippen LogP contribution in [-0.2, 0) is 0 Å². The highest BCUT2D eigenvalue weighted by Crippen LogP contribution is 2.27. The van der Waals surface area contributed by atoms with Crippen molar-refractivity contribution in [2.75, 3.05) is 17.3 Å². The van der Waals surface area contributed by atoms with E-state index >= 15 is 0 Å². The molecule has 5 nitrogen and oxygen atoms in total. The number of ketones is 1. The van der Waals surface area contributed by atoms with Crippen LogP contribution in [0.25, 0.3) is 0 Å². The smallest absolute Gasteiger partial charge is 0.335 e. The highest BCUT2D eigenvalue weighted by atomic mass is 35.5. The van der Waals surface area contributed by atoms with E-state index in [0.717, 1.165) is 29.6 Å². The average molecular weight is 493 g/mol. The number of hydrogen-bond donors (Lipinski definition) is 2. The number of carbonyl (C=O) groups is 2. The Balaban J connectivity index is 1.62. The SMILES string of the molecule is CN(c1ccc(Cl)cc1)c1ccc(C(=O)c2cc(Nc3cc(F)ccc3F)cc(C(=O)O)c2)cc1. The van der Waals surface area contributed by atoms with E-state index in [-0.39, 0.29) is 22.5 Å². The Hall–Kier alpha value is -4.23. The second kappa shape index (κ2) is 9.95. The van der Waals surface area contributed by atoms with Crippen molar-refractivity contribution >= 4 is 46.1 Å². The van der Waals surface area contributed by atoms with Crippen LogP contribution in [0.5, 0.6) is 0 Å². The molecular weight excluding hydrogens is 474 g/mol. The van der Waals surface area contributed by atoms with E-state index in [1.54, 1.807) is 36.4 Å². The molecule has 0 aliphatic rings. The number of carbonyl (C=O) groups excluding carboxylic acids is 1. The Morgan fingerprint density at radius 3 is 2.03 bits per heavy atom. The average Bonchev–Trinajstić information content (AvgIpc) is 2.85. The lowest BCUT2D eigenvalue weighted by Gasteiger charge is -2.20. The fraction of sp³-hybridized carbons (Fsp3) is 0.0370. The van der Waals surface area contributed by atoms with E-state index in [4.69, 9.17) is 11.6 Å². The summed E-state index contributed by atoms with van der Waals surface area (Å²) in [5.41, 5.74) is 1.94. The largest absolute Gasteiger partial charge is 0.478 e. The normalized spacial score (nSPS) is 10.6. The van der Waals surface area contributed by atoms with E-state index < -0.39 is 23.4 Å². The highest BCUT2D eigenvalue weighted by Gasteiger charge is 2.16. The number of benzene rings is 4. The molecule has 0 atom stereocenters. The molecule has 0 radical (unpaired) electrons. The number of hydrogen-bond acceptors (Lipinski definition) is 4. The Morgan fingerprint density at radius 2 is 1.40 bits per heavy atom. The molecule has 4 rings (SSSR count).